The van der Waals surface area contributed by atoms with Gasteiger partial charge in [-0.3, -0.25) is 9.69 Å². The van der Waals surface area contributed by atoms with Crippen molar-refractivity contribution in [1.82, 2.24) is 10.2 Å². The molecule has 0 aliphatic carbocycles. The van der Waals surface area contributed by atoms with Crippen molar-refractivity contribution in [2.75, 3.05) is 19.6 Å². The highest BCUT2D eigenvalue weighted by Crippen LogP contribution is 2.09. The van der Waals surface area contributed by atoms with Crippen LogP contribution in [-0.2, 0) is 17.9 Å². The van der Waals surface area contributed by atoms with Crippen LogP contribution in [0, 0.1) is 0 Å². The molecule has 0 aliphatic heterocycles. The summed E-state index contributed by atoms with van der Waals surface area (Å²) < 4.78 is 0. The molecular weight excluding hydrogens is 274 g/mol. The molecule has 22 heavy (non-hydrogen) atoms. The first kappa shape index (κ1) is 16.2. The lowest BCUT2D eigenvalue weighted by molar-refractivity contribution is -0.122. The highest BCUT2D eigenvalue weighted by molar-refractivity contribution is 5.78. The van der Waals surface area contributed by atoms with E-state index in [1.165, 1.54) is 11.1 Å². The van der Waals surface area contributed by atoms with E-state index in [2.05, 4.69) is 34.5 Å². The SMILES string of the molecule is NCCNC(=O)CN(Cc1ccccc1)Cc1ccccc1. The third-order valence-electron chi connectivity index (χ3n) is 3.33. The number of nitrogens with zero attached hydrogens (tertiary/aromatic N) is 1. The van der Waals surface area contributed by atoms with E-state index in [9.17, 15) is 4.79 Å². The number of amides is 1. The van der Waals surface area contributed by atoms with Crippen LogP contribution in [0.1, 0.15) is 11.1 Å². The van der Waals surface area contributed by atoms with Crippen molar-refractivity contribution in [3.63, 3.8) is 0 Å². The Morgan fingerprint density at radius 3 is 1.86 bits per heavy atom. The molecular formula is C18H23N3O. The zero-order valence-electron chi connectivity index (χ0n) is 12.7. The monoisotopic (exact) mass is 297 g/mol. The van der Waals surface area contributed by atoms with E-state index in [1.807, 2.05) is 36.4 Å². The highest BCUT2D eigenvalue weighted by Gasteiger charge is 2.11. The molecule has 0 heterocycles. The van der Waals surface area contributed by atoms with Crippen molar-refractivity contribution in [2.45, 2.75) is 13.1 Å². The molecule has 0 unspecified atom stereocenters. The summed E-state index contributed by atoms with van der Waals surface area (Å²) in [6.07, 6.45) is 0. The molecule has 1 amide bonds. The molecule has 0 radical (unpaired) electrons. The zero-order chi connectivity index (χ0) is 15.6. The third kappa shape index (κ3) is 5.68. The molecule has 0 bridgehead atoms. The summed E-state index contributed by atoms with van der Waals surface area (Å²) in [4.78, 5) is 14.1. The Balaban J connectivity index is 2.01. The summed E-state index contributed by atoms with van der Waals surface area (Å²) in [5.74, 6) is 0.0114. The van der Waals surface area contributed by atoms with Crippen molar-refractivity contribution in [1.29, 1.82) is 0 Å². The van der Waals surface area contributed by atoms with Gasteiger partial charge >= 0.3 is 0 Å². The molecule has 0 aromatic heterocycles. The average molecular weight is 297 g/mol. The number of hydrogen-bond acceptors (Lipinski definition) is 3. The van der Waals surface area contributed by atoms with Crippen LogP contribution in [0.5, 0.6) is 0 Å². The van der Waals surface area contributed by atoms with Crippen LogP contribution in [0.2, 0.25) is 0 Å². The lowest BCUT2D eigenvalue weighted by Crippen LogP contribution is -2.38. The first-order chi connectivity index (χ1) is 10.8. The minimum absolute atomic E-state index is 0.0114. The molecule has 4 nitrogen and oxygen atoms in total. The van der Waals surface area contributed by atoms with Gasteiger partial charge in [-0.1, -0.05) is 60.7 Å². The van der Waals surface area contributed by atoms with Gasteiger partial charge in [0.25, 0.3) is 0 Å². The van der Waals surface area contributed by atoms with Crippen molar-refractivity contribution in [3.05, 3.63) is 71.8 Å². The Morgan fingerprint density at radius 1 is 0.909 bits per heavy atom. The number of nitrogens with one attached hydrogen (secondary N) is 1. The Hall–Kier alpha value is -2.17. The number of nitrogens with two attached hydrogens (primary N) is 1. The van der Waals surface area contributed by atoms with E-state index in [4.69, 9.17) is 5.73 Å². The maximum Gasteiger partial charge on any atom is 0.234 e. The molecule has 4 heteroatoms. The fraction of sp³-hybridized carbons (Fsp3) is 0.278. The van der Waals surface area contributed by atoms with Crippen molar-refractivity contribution < 1.29 is 4.79 Å². The predicted molar refractivity (Wildman–Crippen MR) is 89.1 cm³/mol. The lowest BCUT2D eigenvalue weighted by Gasteiger charge is -2.22. The molecule has 3 N–H and O–H groups in total. The summed E-state index contributed by atoms with van der Waals surface area (Å²) in [5, 5.41) is 2.83. The zero-order valence-corrected chi connectivity index (χ0v) is 12.7. The van der Waals surface area contributed by atoms with Crippen molar-refractivity contribution >= 4 is 5.91 Å². The van der Waals surface area contributed by atoms with E-state index in [-0.39, 0.29) is 5.91 Å². The number of hydrogen-bond donors (Lipinski definition) is 2. The van der Waals surface area contributed by atoms with Gasteiger partial charge in [0.15, 0.2) is 0 Å². The van der Waals surface area contributed by atoms with E-state index >= 15 is 0 Å². The topological polar surface area (TPSA) is 58.4 Å². The van der Waals surface area contributed by atoms with Crippen LogP contribution in [-0.4, -0.2) is 30.4 Å². The number of benzene rings is 2. The minimum Gasteiger partial charge on any atom is -0.354 e. The van der Waals surface area contributed by atoms with Crippen LogP contribution < -0.4 is 11.1 Å². The smallest absolute Gasteiger partial charge is 0.234 e. The highest BCUT2D eigenvalue weighted by atomic mass is 16.2. The summed E-state index contributed by atoms with van der Waals surface area (Å²) in [7, 11) is 0. The van der Waals surface area contributed by atoms with Crippen LogP contribution in [0.15, 0.2) is 60.7 Å². The second-order valence-electron chi connectivity index (χ2n) is 5.25. The van der Waals surface area contributed by atoms with Gasteiger partial charge in [-0.25, -0.2) is 0 Å². The van der Waals surface area contributed by atoms with Crippen LogP contribution in [0.25, 0.3) is 0 Å². The normalized spacial score (nSPS) is 10.6. The molecule has 0 aliphatic rings. The average Bonchev–Trinajstić information content (AvgIpc) is 2.55. The second-order valence-corrected chi connectivity index (χ2v) is 5.25. The molecule has 0 saturated heterocycles. The molecule has 2 aromatic carbocycles. The van der Waals surface area contributed by atoms with Gasteiger partial charge < -0.3 is 11.1 Å². The molecule has 116 valence electrons. The van der Waals surface area contributed by atoms with Gasteiger partial charge in [-0.15, -0.1) is 0 Å². The number of rotatable bonds is 8. The van der Waals surface area contributed by atoms with Crippen molar-refractivity contribution in [3.8, 4) is 0 Å². The molecule has 2 rings (SSSR count). The van der Waals surface area contributed by atoms with Gasteiger partial charge in [-0.05, 0) is 11.1 Å². The van der Waals surface area contributed by atoms with Crippen LogP contribution in [0.4, 0.5) is 0 Å². The minimum atomic E-state index is 0.0114. The standard InChI is InChI=1S/C18H23N3O/c19-11-12-20-18(22)15-21(13-16-7-3-1-4-8-16)14-17-9-5-2-6-10-17/h1-10H,11-15,19H2,(H,20,22). The Labute approximate surface area is 131 Å². The molecule has 0 saturated carbocycles. The first-order valence-electron chi connectivity index (χ1n) is 7.55. The van der Waals surface area contributed by atoms with Crippen LogP contribution >= 0.6 is 0 Å². The van der Waals surface area contributed by atoms with Gasteiger partial charge in [0.1, 0.15) is 0 Å². The predicted octanol–water partition coefficient (Wildman–Crippen LogP) is 1.76. The van der Waals surface area contributed by atoms with E-state index in [1.54, 1.807) is 0 Å². The number of carbonyl (C=O) groups excluding carboxylic acids is 1. The maximum atomic E-state index is 12.0. The number of carbonyl (C=O) groups is 1. The second kappa shape index (κ2) is 8.97. The summed E-state index contributed by atoms with van der Waals surface area (Å²) >= 11 is 0. The van der Waals surface area contributed by atoms with E-state index in [0.717, 1.165) is 13.1 Å². The van der Waals surface area contributed by atoms with Gasteiger partial charge in [0.05, 0.1) is 6.54 Å². The Bertz CT molecular complexity index is 516. The summed E-state index contributed by atoms with van der Waals surface area (Å²) in [5.41, 5.74) is 7.82. The maximum absolute atomic E-state index is 12.0. The fourth-order valence-corrected chi connectivity index (χ4v) is 2.32. The third-order valence-corrected chi connectivity index (χ3v) is 3.33. The van der Waals surface area contributed by atoms with Gasteiger partial charge in [-0.2, -0.15) is 0 Å². The molecule has 2 aromatic rings. The van der Waals surface area contributed by atoms with E-state index < -0.39 is 0 Å². The Morgan fingerprint density at radius 2 is 1.41 bits per heavy atom. The lowest BCUT2D eigenvalue weighted by atomic mass is 10.1. The summed E-state index contributed by atoms with van der Waals surface area (Å²) in [6.45, 7) is 2.83. The first-order valence-corrected chi connectivity index (χ1v) is 7.55. The summed E-state index contributed by atoms with van der Waals surface area (Å²) in [6, 6.07) is 20.4. The van der Waals surface area contributed by atoms with Gasteiger partial charge in [0, 0.05) is 26.2 Å². The molecule has 0 atom stereocenters. The van der Waals surface area contributed by atoms with E-state index in [0.29, 0.717) is 19.6 Å². The molecule has 0 spiro atoms. The largest absolute Gasteiger partial charge is 0.354 e. The van der Waals surface area contributed by atoms with Crippen molar-refractivity contribution in [2.24, 2.45) is 5.73 Å². The Kier molecular flexibility index (Phi) is 6.61. The quantitative estimate of drug-likeness (QED) is 0.780. The van der Waals surface area contributed by atoms with Crippen LogP contribution in [0.3, 0.4) is 0 Å². The fourth-order valence-electron chi connectivity index (χ4n) is 2.32. The molecule has 0 fully saturated rings. The van der Waals surface area contributed by atoms with Gasteiger partial charge in [0.2, 0.25) is 5.91 Å².